The molecule has 0 saturated carbocycles. The summed E-state index contributed by atoms with van der Waals surface area (Å²) in [5, 5.41) is 18.3. The van der Waals surface area contributed by atoms with E-state index in [4.69, 9.17) is 10.0 Å². The second-order valence-electron chi connectivity index (χ2n) is 4.10. The summed E-state index contributed by atoms with van der Waals surface area (Å²) >= 11 is 0. The van der Waals surface area contributed by atoms with E-state index in [0.717, 1.165) is 11.1 Å². The molecule has 92 valence electrons. The number of rotatable bonds is 3. The molecule has 18 heavy (non-hydrogen) atoms. The minimum atomic E-state index is -1.79. The molecule has 0 radical (unpaired) electrons. The average Bonchev–Trinajstić information content (AvgIpc) is 2.38. The lowest BCUT2D eigenvalue weighted by molar-refractivity contribution is 0.423. The van der Waals surface area contributed by atoms with Crippen LogP contribution >= 0.6 is 0 Å². The lowest BCUT2D eigenvalue weighted by Gasteiger charge is -2.13. The molecule has 2 nitrogen and oxygen atoms in total. The first-order chi connectivity index (χ1) is 8.65. The quantitative estimate of drug-likeness (QED) is 0.807. The minimum Gasteiger partial charge on any atom is -0.423 e. The molecule has 4 heteroatoms. The number of hydrogen-bond donors (Lipinski definition) is 2. The van der Waals surface area contributed by atoms with Gasteiger partial charge in [0.2, 0.25) is 0 Å². The predicted molar refractivity (Wildman–Crippen MR) is 71.0 cm³/mol. The molecule has 2 N–H and O–H groups in total. The summed E-state index contributed by atoms with van der Waals surface area (Å²) in [7, 11) is -1.79. The van der Waals surface area contributed by atoms with Crippen LogP contribution in [0.3, 0.4) is 0 Å². The van der Waals surface area contributed by atoms with Crippen molar-refractivity contribution in [1.82, 2.24) is 0 Å². The second-order valence-corrected chi connectivity index (χ2v) is 4.10. The second kappa shape index (κ2) is 5.33. The molecule has 2 rings (SSSR count). The highest BCUT2D eigenvalue weighted by atomic mass is 19.1. The molecule has 0 aromatic heterocycles. The standard InChI is InChI=1S/C14H14BFO2/c1-2-10-8-9-12(15(17)18)14(16)13(10)11-6-4-3-5-7-11/h3-9,17-18H,2H2,1H3. The van der Waals surface area contributed by atoms with Crippen LogP contribution in [0.4, 0.5) is 4.39 Å². The molecule has 0 fully saturated rings. The van der Waals surface area contributed by atoms with Gasteiger partial charge in [-0.05, 0) is 17.5 Å². The van der Waals surface area contributed by atoms with E-state index >= 15 is 0 Å². The first kappa shape index (κ1) is 12.8. The van der Waals surface area contributed by atoms with Gasteiger partial charge >= 0.3 is 7.12 Å². The summed E-state index contributed by atoms with van der Waals surface area (Å²) in [6.45, 7) is 1.94. The minimum absolute atomic E-state index is 0.0916. The van der Waals surface area contributed by atoms with Crippen LogP contribution in [0.25, 0.3) is 11.1 Å². The summed E-state index contributed by atoms with van der Waals surface area (Å²) in [6.07, 6.45) is 0.683. The van der Waals surface area contributed by atoms with E-state index in [9.17, 15) is 4.39 Å². The topological polar surface area (TPSA) is 40.5 Å². The van der Waals surface area contributed by atoms with E-state index in [-0.39, 0.29) is 5.46 Å². The number of halogens is 1. The molecule has 0 spiro atoms. The Morgan fingerprint density at radius 3 is 2.28 bits per heavy atom. The van der Waals surface area contributed by atoms with Crippen molar-refractivity contribution in [2.75, 3.05) is 0 Å². The summed E-state index contributed by atoms with van der Waals surface area (Å²) < 4.78 is 14.3. The third kappa shape index (κ3) is 2.30. The van der Waals surface area contributed by atoms with Crippen LogP contribution in [0.15, 0.2) is 42.5 Å². The van der Waals surface area contributed by atoms with Crippen LogP contribution in [0.1, 0.15) is 12.5 Å². The van der Waals surface area contributed by atoms with E-state index in [1.165, 1.54) is 6.07 Å². The summed E-state index contributed by atoms with van der Waals surface area (Å²) in [5.41, 5.74) is 1.95. The molecular formula is C14H14BFO2. The van der Waals surface area contributed by atoms with Gasteiger partial charge in [-0.15, -0.1) is 0 Å². The maximum absolute atomic E-state index is 14.3. The molecule has 0 bridgehead atoms. The highest BCUT2D eigenvalue weighted by Gasteiger charge is 2.21. The summed E-state index contributed by atoms with van der Waals surface area (Å²) in [6, 6.07) is 12.3. The van der Waals surface area contributed by atoms with Gasteiger partial charge < -0.3 is 10.0 Å². The van der Waals surface area contributed by atoms with Crippen LogP contribution in [0.5, 0.6) is 0 Å². The Bertz CT molecular complexity index is 541. The van der Waals surface area contributed by atoms with Crippen molar-refractivity contribution in [3.05, 3.63) is 53.8 Å². The fraction of sp³-hybridized carbons (Fsp3) is 0.143. The number of hydrogen-bond acceptors (Lipinski definition) is 2. The number of benzene rings is 2. The molecule has 0 amide bonds. The zero-order chi connectivity index (χ0) is 13.1. The molecule has 2 aromatic rings. The zero-order valence-electron chi connectivity index (χ0n) is 10.1. The molecule has 0 saturated heterocycles. The maximum Gasteiger partial charge on any atom is 0.491 e. The van der Waals surface area contributed by atoms with Crippen molar-refractivity contribution in [1.29, 1.82) is 0 Å². The third-order valence-corrected chi connectivity index (χ3v) is 2.98. The van der Waals surface area contributed by atoms with E-state index in [0.29, 0.717) is 12.0 Å². The van der Waals surface area contributed by atoms with Gasteiger partial charge in [0, 0.05) is 11.0 Å². The van der Waals surface area contributed by atoms with Crippen molar-refractivity contribution < 1.29 is 14.4 Å². The van der Waals surface area contributed by atoms with Crippen molar-refractivity contribution >= 4 is 12.6 Å². The van der Waals surface area contributed by atoms with Gasteiger partial charge in [-0.1, -0.05) is 49.4 Å². The fourth-order valence-corrected chi connectivity index (χ4v) is 2.04. The van der Waals surface area contributed by atoms with E-state index in [2.05, 4.69) is 0 Å². The van der Waals surface area contributed by atoms with Gasteiger partial charge in [0.25, 0.3) is 0 Å². The first-order valence-electron chi connectivity index (χ1n) is 5.88. The maximum atomic E-state index is 14.3. The molecule has 0 aliphatic carbocycles. The van der Waals surface area contributed by atoms with Crippen molar-refractivity contribution in [3.8, 4) is 11.1 Å². The molecule has 0 heterocycles. The first-order valence-corrected chi connectivity index (χ1v) is 5.88. The molecule has 0 atom stereocenters. The van der Waals surface area contributed by atoms with E-state index in [1.54, 1.807) is 6.07 Å². The van der Waals surface area contributed by atoms with Crippen molar-refractivity contribution in [2.24, 2.45) is 0 Å². The van der Waals surface area contributed by atoms with Gasteiger partial charge in [-0.2, -0.15) is 0 Å². The van der Waals surface area contributed by atoms with Gasteiger partial charge in [0.1, 0.15) is 5.82 Å². The van der Waals surface area contributed by atoms with Crippen LogP contribution in [-0.2, 0) is 6.42 Å². The van der Waals surface area contributed by atoms with Gasteiger partial charge in [-0.25, -0.2) is 4.39 Å². The Labute approximate surface area is 106 Å². The molecule has 0 aliphatic heterocycles. The van der Waals surface area contributed by atoms with E-state index < -0.39 is 12.9 Å². The molecule has 0 unspecified atom stereocenters. The Balaban J connectivity index is 2.67. The van der Waals surface area contributed by atoms with Crippen LogP contribution in [-0.4, -0.2) is 17.2 Å². The summed E-state index contributed by atoms with van der Waals surface area (Å²) in [4.78, 5) is 0. The molecule has 0 aliphatic rings. The number of aryl methyl sites for hydroxylation is 1. The lowest BCUT2D eigenvalue weighted by Crippen LogP contribution is -2.33. The van der Waals surface area contributed by atoms with Crippen LogP contribution < -0.4 is 5.46 Å². The monoisotopic (exact) mass is 244 g/mol. The predicted octanol–water partition coefficient (Wildman–Crippen LogP) is 1.73. The Kier molecular flexibility index (Phi) is 3.79. The Hall–Kier alpha value is -1.65. The van der Waals surface area contributed by atoms with Gasteiger partial charge in [0.05, 0.1) is 0 Å². The molecular weight excluding hydrogens is 230 g/mol. The van der Waals surface area contributed by atoms with Crippen LogP contribution in [0, 0.1) is 5.82 Å². The fourth-order valence-electron chi connectivity index (χ4n) is 2.04. The highest BCUT2D eigenvalue weighted by molar-refractivity contribution is 6.58. The average molecular weight is 244 g/mol. The van der Waals surface area contributed by atoms with E-state index in [1.807, 2.05) is 37.3 Å². The third-order valence-electron chi connectivity index (χ3n) is 2.98. The van der Waals surface area contributed by atoms with Gasteiger partial charge in [0.15, 0.2) is 0 Å². The lowest BCUT2D eigenvalue weighted by atomic mass is 9.77. The normalized spacial score (nSPS) is 10.4. The highest BCUT2D eigenvalue weighted by Crippen LogP contribution is 2.26. The molecule has 2 aromatic carbocycles. The van der Waals surface area contributed by atoms with Crippen molar-refractivity contribution in [2.45, 2.75) is 13.3 Å². The summed E-state index contributed by atoms with van der Waals surface area (Å²) in [5.74, 6) is -0.560. The van der Waals surface area contributed by atoms with Crippen molar-refractivity contribution in [3.63, 3.8) is 0 Å². The Morgan fingerprint density at radius 2 is 1.72 bits per heavy atom. The van der Waals surface area contributed by atoms with Crippen LogP contribution in [0.2, 0.25) is 0 Å². The SMILES string of the molecule is CCc1ccc(B(O)O)c(F)c1-c1ccccc1. The Morgan fingerprint density at radius 1 is 1.06 bits per heavy atom. The van der Waals surface area contributed by atoms with Gasteiger partial charge in [-0.3, -0.25) is 0 Å². The zero-order valence-corrected chi connectivity index (χ0v) is 10.1. The largest absolute Gasteiger partial charge is 0.491 e. The smallest absolute Gasteiger partial charge is 0.423 e.